The average Bonchev–Trinajstić information content (AvgIpc) is 3.13. The van der Waals surface area contributed by atoms with Crippen LogP contribution in [0.2, 0.25) is 0 Å². The summed E-state index contributed by atoms with van der Waals surface area (Å²) in [5.74, 6) is 0.842. The number of likely N-dealkylation sites (N-methyl/N-ethyl adjacent to an activating group) is 1. The summed E-state index contributed by atoms with van der Waals surface area (Å²) >= 11 is 0. The van der Waals surface area contributed by atoms with Gasteiger partial charge in [-0.2, -0.15) is 0 Å². The van der Waals surface area contributed by atoms with Crippen molar-refractivity contribution < 1.29 is 9.53 Å². The van der Waals surface area contributed by atoms with E-state index in [0.717, 1.165) is 31.2 Å². The Morgan fingerprint density at radius 3 is 2.80 bits per heavy atom. The summed E-state index contributed by atoms with van der Waals surface area (Å²) in [6, 6.07) is 1.35. The van der Waals surface area contributed by atoms with Gasteiger partial charge in [-0.25, -0.2) is 0 Å². The largest absolute Gasteiger partial charge is 0.468 e. The lowest BCUT2D eigenvalue weighted by Gasteiger charge is -2.42. The van der Waals surface area contributed by atoms with Crippen molar-refractivity contribution in [3.8, 4) is 0 Å². The van der Waals surface area contributed by atoms with Crippen LogP contribution in [0.5, 0.6) is 0 Å². The highest BCUT2D eigenvalue weighted by atomic mass is 16.5. The van der Waals surface area contributed by atoms with Crippen LogP contribution in [0, 0.1) is 5.92 Å². The van der Waals surface area contributed by atoms with E-state index < -0.39 is 5.54 Å². The molecule has 4 atom stereocenters. The number of carbonyl (C=O) groups is 1. The highest BCUT2D eigenvalue weighted by molar-refractivity contribution is 5.81. The first kappa shape index (κ1) is 14.3. The topological polar surface area (TPSA) is 41.6 Å². The summed E-state index contributed by atoms with van der Waals surface area (Å²) in [6.07, 6.45) is 9.89. The van der Waals surface area contributed by atoms with Crippen LogP contribution in [-0.2, 0) is 9.53 Å². The molecule has 3 aliphatic rings. The number of hydrogen-bond acceptors (Lipinski definition) is 4. The lowest BCUT2D eigenvalue weighted by atomic mass is 9.89. The molecule has 4 heteroatoms. The second-order valence-electron chi connectivity index (χ2n) is 6.86. The van der Waals surface area contributed by atoms with Crippen LogP contribution in [-0.4, -0.2) is 49.2 Å². The lowest BCUT2D eigenvalue weighted by molar-refractivity contribution is -0.148. The minimum Gasteiger partial charge on any atom is -0.468 e. The van der Waals surface area contributed by atoms with E-state index in [1.54, 1.807) is 0 Å². The predicted molar refractivity (Wildman–Crippen MR) is 78.5 cm³/mol. The fourth-order valence-electron chi connectivity index (χ4n) is 4.96. The number of ether oxygens (including phenoxy) is 1. The number of carbonyl (C=O) groups excluding carboxylic acids is 1. The number of hydrogen-bond donors (Lipinski definition) is 1. The van der Waals surface area contributed by atoms with Gasteiger partial charge in [-0.1, -0.05) is 6.42 Å². The number of likely N-dealkylation sites (tertiary alicyclic amines) is 1. The number of nitrogens with one attached hydrogen (secondary N) is 1. The fourth-order valence-corrected chi connectivity index (χ4v) is 4.96. The molecule has 1 saturated heterocycles. The zero-order chi connectivity index (χ0) is 14.2. The molecule has 0 spiro atoms. The van der Waals surface area contributed by atoms with Crippen LogP contribution in [0.3, 0.4) is 0 Å². The van der Waals surface area contributed by atoms with Crippen molar-refractivity contribution in [2.24, 2.45) is 5.92 Å². The molecule has 0 aromatic heterocycles. The van der Waals surface area contributed by atoms with E-state index in [-0.39, 0.29) is 5.97 Å². The molecule has 20 heavy (non-hydrogen) atoms. The van der Waals surface area contributed by atoms with Crippen LogP contribution in [0.4, 0.5) is 0 Å². The number of esters is 1. The second-order valence-corrected chi connectivity index (χ2v) is 6.86. The van der Waals surface area contributed by atoms with Crippen molar-refractivity contribution >= 4 is 5.97 Å². The minimum absolute atomic E-state index is 0.0810. The molecule has 4 unspecified atom stereocenters. The van der Waals surface area contributed by atoms with Crippen LogP contribution in [0.1, 0.15) is 51.4 Å². The number of piperidine rings is 1. The third kappa shape index (κ3) is 2.27. The Morgan fingerprint density at radius 2 is 2.05 bits per heavy atom. The first-order chi connectivity index (χ1) is 9.70. The van der Waals surface area contributed by atoms with E-state index in [1.165, 1.54) is 45.8 Å². The molecule has 3 rings (SSSR count). The number of rotatable bonds is 3. The van der Waals surface area contributed by atoms with Crippen molar-refractivity contribution in [3.05, 3.63) is 0 Å². The summed E-state index contributed by atoms with van der Waals surface area (Å²) in [5.41, 5.74) is -0.440. The zero-order valence-electron chi connectivity index (χ0n) is 12.9. The van der Waals surface area contributed by atoms with Gasteiger partial charge in [-0.15, -0.1) is 0 Å². The smallest absolute Gasteiger partial charge is 0.326 e. The lowest BCUT2D eigenvalue weighted by Crippen LogP contribution is -2.52. The van der Waals surface area contributed by atoms with Gasteiger partial charge in [0.05, 0.1) is 7.11 Å². The van der Waals surface area contributed by atoms with Crippen molar-refractivity contribution in [2.45, 2.75) is 69.0 Å². The van der Waals surface area contributed by atoms with Gasteiger partial charge >= 0.3 is 5.97 Å². The molecular weight excluding hydrogens is 252 g/mol. The SMILES string of the molecule is CNC1(C(=O)OC)CCC(N2CCCC3CCCC32)C1. The molecule has 2 aliphatic carbocycles. The monoisotopic (exact) mass is 280 g/mol. The molecule has 2 saturated carbocycles. The van der Waals surface area contributed by atoms with Gasteiger partial charge in [-0.05, 0) is 64.5 Å². The molecule has 0 radical (unpaired) electrons. The van der Waals surface area contributed by atoms with Gasteiger partial charge in [0.1, 0.15) is 5.54 Å². The predicted octanol–water partition coefficient (Wildman–Crippen LogP) is 1.93. The number of nitrogens with zero attached hydrogens (tertiary/aromatic N) is 1. The molecular formula is C16H28N2O2. The first-order valence-electron chi connectivity index (χ1n) is 8.23. The van der Waals surface area contributed by atoms with Crippen LogP contribution in [0.25, 0.3) is 0 Å². The standard InChI is InChI=1S/C16H28N2O2/c1-17-16(15(19)20-2)9-8-13(11-16)18-10-4-6-12-5-3-7-14(12)18/h12-14,17H,3-11H2,1-2H3. The maximum absolute atomic E-state index is 12.1. The summed E-state index contributed by atoms with van der Waals surface area (Å²) in [5, 5.41) is 3.26. The zero-order valence-corrected chi connectivity index (χ0v) is 12.9. The molecule has 4 nitrogen and oxygen atoms in total. The third-order valence-corrected chi connectivity index (χ3v) is 6.05. The molecule has 3 fully saturated rings. The first-order valence-corrected chi connectivity index (χ1v) is 8.23. The molecule has 0 aromatic rings. The average molecular weight is 280 g/mol. The van der Waals surface area contributed by atoms with Crippen molar-refractivity contribution in [1.82, 2.24) is 10.2 Å². The summed E-state index contributed by atoms with van der Waals surface area (Å²) < 4.78 is 5.03. The van der Waals surface area contributed by atoms with E-state index >= 15 is 0 Å². The summed E-state index contributed by atoms with van der Waals surface area (Å²) in [7, 11) is 3.40. The second kappa shape index (κ2) is 5.64. The van der Waals surface area contributed by atoms with E-state index in [0.29, 0.717) is 6.04 Å². The van der Waals surface area contributed by atoms with Crippen LogP contribution < -0.4 is 5.32 Å². The Morgan fingerprint density at radius 1 is 1.25 bits per heavy atom. The Kier molecular flexibility index (Phi) is 4.04. The van der Waals surface area contributed by atoms with Crippen molar-refractivity contribution in [3.63, 3.8) is 0 Å². The Balaban J connectivity index is 1.71. The Hall–Kier alpha value is -0.610. The van der Waals surface area contributed by atoms with E-state index in [9.17, 15) is 4.79 Å². The highest BCUT2D eigenvalue weighted by Crippen LogP contribution is 2.42. The maximum Gasteiger partial charge on any atom is 0.326 e. The summed E-state index contributed by atoms with van der Waals surface area (Å²) in [4.78, 5) is 14.9. The molecule has 0 amide bonds. The van der Waals surface area contributed by atoms with E-state index in [1.807, 2.05) is 7.05 Å². The van der Waals surface area contributed by atoms with Crippen LogP contribution in [0.15, 0.2) is 0 Å². The van der Waals surface area contributed by atoms with Crippen molar-refractivity contribution in [1.29, 1.82) is 0 Å². The van der Waals surface area contributed by atoms with Crippen LogP contribution >= 0.6 is 0 Å². The van der Waals surface area contributed by atoms with Gasteiger partial charge in [0.25, 0.3) is 0 Å². The molecule has 1 aliphatic heterocycles. The highest BCUT2D eigenvalue weighted by Gasteiger charge is 2.49. The fraction of sp³-hybridized carbons (Fsp3) is 0.938. The van der Waals surface area contributed by atoms with Crippen molar-refractivity contribution in [2.75, 3.05) is 20.7 Å². The maximum atomic E-state index is 12.1. The molecule has 1 heterocycles. The molecule has 114 valence electrons. The van der Waals surface area contributed by atoms with Gasteiger partial charge in [0, 0.05) is 12.1 Å². The summed E-state index contributed by atoms with van der Waals surface area (Å²) in [6.45, 7) is 1.23. The Bertz CT molecular complexity index is 373. The van der Waals surface area contributed by atoms with Gasteiger partial charge < -0.3 is 10.1 Å². The number of fused-ring (bicyclic) bond motifs is 1. The van der Waals surface area contributed by atoms with Gasteiger partial charge in [0.2, 0.25) is 0 Å². The van der Waals surface area contributed by atoms with E-state index in [4.69, 9.17) is 4.74 Å². The third-order valence-electron chi connectivity index (χ3n) is 6.05. The molecule has 0 bridgehead atoms. The Labute approximate surface area is 122 Å². The molecule has 1 N–H and O–H groups in total. The van der Waals surface area contributed by atoms with Gasteiger partial charge in [0.15, 0.2) is 0 Å². The number of methoxy groups -OCH3 is 1. The quantitative estimate of drug-likeness (QED) is 0.802. The normalized spacial score (nSPS) is 41.6. The minimum atomic E-state index is -0.440. The van der Waals surface area contributed by atoms with E-state index in [2.05, 4.69) is 10.2 Å². The van der Waals surface area contributed by atoms with Gasteiger partial charge in [-0.3, -0.25) is 9.69 Å². The molecule has 0 aromatic carbocycles.